The zero-order valence-corrected chi connectivity index (χ0v) is 11.9. The van der Waals surface area contributed by atoms with E-state index in [9.17, 15) is 14.9 Å². The molecule has 1 N–H and O–H groups in total. The van der Waals surface area contributed by atoms with Crippen LogP contribution in [0.1, 0.15) is 13.8 Å². The van der Waals surface area contributed by atoms with Crippen LogP contribution in [0.25, 0.3) is 11.1 Å². The Bertz CT molecular complexity index is 681. The van der Waals surface area contributed by atoms with Crippen LogP contribution in [-0.2, 0) is 4.79 Å². The monoisotopic (exact) mass is 284 g/mol. The molecule has 0 fully saturated rings. The Morgan fingerprint density at radius 2 is 1.71 bits per heavy atom. The lowest BCUT2D eigenvalue weighted by Gasteiger charge is -2.09. The van der Waals surface area contributed by atoms with Gasteiger partial charge in [-0.05, 0) is 23.3 Å². The zero-order valence-electron chi connectivity index (χ0n) is 11.9. The fourth-order valence-corrected chi connectivity index (χ4v) is 1.86. The molecule has 0 unspecified atom stereocenters. The number of benzene rings is 2. The first-order chi connectivity index (χ1) is 9.97. The van der Waals surface area contributed by atoms with Gasteiger partial charge < -0.3 is 5.32 Å². The highest BCUT2D eigenvalue weighted by atomic mass is 16.6. The summed E-state index contributed by atoms with van der Waals surface area (Å²) in [5.41, 5.74) is 2.28. The number of carbonyl (C=O) groups is 1. The molecule has 0 bridgehead atoms. The van der Waals surface area contributed by atoms with Crippen LogP contribution in [0.3, 0.4) is 0 Å². The molecule has 5 nitrogen and oxygen atoms in total. The van der Waals surface area contributed by atoms with Gasteiger partial charge in [0.1, 0.15) is 0 Å². The Kier molecular flexibility index (Phi) is 4.33. The molecule has 0 saturated heterocycles. The van der Waals surface area contributed by atoms with Gasteiger partial charge in [0.25, 0.3) is 5.69 Å². The maximum Gasteiger partial charge on any atom is 0.270 e. The fourth-order valence-electron chi connectivity index (χ4n) is 1.86. The standard InChI is InChI=1S/C16H16N2O3/c1-11(2)16(19)17-14-7-3-5-12(9-14)13-6-4-8-15(10-13)18(20)21/h3-11H,1-2H3,(H,17,19). The van der Waals surface area contributed by atoms with Crippen molar-refractivity contribution in [3.05, 3.63) is 58.6 Å². The number of amides is 1. The van der Waals surface area contributed by atoms with E-state index in [4.69, 9.17) is 0 Å². The number of carbonyl (C=O) groups excluding carboxylic acids is 1. The van der Waals surface area contributed by atoms with Gasteiger partial charge in [-0.3, -0.25) is 14.9 Å². The summed E-state index contributed by atoms with van der Waals surface area (Å²) in [6.45, 7) is 3.64. The van der Waals surface area contributed by atoms with E-state index in [2.05, 4.69) is 5.32 Å². The van der Waals surface area contributed by atoms with Gasteiger partial charge in [-0.25, -0.2) is 0 Å². The molecule has 0 spiro atoms. The Hall–Kier alpha value is -2.69. The summed E-state index contributed by atoms with van der Waals surface area (Å²) in [6, 6.07) is 13.7. The lowest BCUT2D eigenvalue weighted by Crippen LogP contribution is -2.17. The first-order valence-electron chi connectivity index (χ1n) is 6.63. The van der Waals surface area contributed by atoms with Gasteiger partial charge >= 0.3 is 0 Å². The maximum atomic E-state index is 11.7. The Balaban J connectivity index is 2.31. The number of nitrogens with zero attached hydrogens (tertiary/aromatic N) is 1. The van der Waals surface area contributed by atoms with Gasteiger partial charge in [0.15, 0.2) is 0 Å². The molecule has 2 aromatic carbocycles. The second-order valence-electron chi connectivity index (χ2n) is 5.03. The largest absolute Gasteiger partial charge is 0.326 e. The smallest absolute Gasteiger partial charge is 0.270 e. The molecule has 108 valence electrons. The van der Waals surface area contributed by atoms with E-state index < -0.39 is 4.92 Å². The van der Waals surface area contributed by atoms with Crippen molar-refractivity contribution in [2.24, 2.45) is 5.92 Å². The molecule has 21 heavy (non-hydrogen) atoms. The van der Waals surface area contributed by atoms with Crippen LogP contribution in [0.5, 0.6) is 0 Å². The number of nitro benzene ring substituents is 1. The van der Waals surface area contributed by atoms with E-state index in [1.54, 1.807) is 24.3 Å². The summed E-state index contributed by atoms with van der Waals surface area (Å²) in [6.07, 6.45) is 0. The lowest BCUT2D eigenvalue weighted by molar-refractivity contribution is -0.384. The summed E-state index contributed by atoms with van der Waals surface area (Å²) in [5.74, 6) is -0.169. The molecule has 0 heterocycles. The number of hydrogen-bond acceptors (Lipinski definition) is 3. The van der Waals surface area contributed by atoms with E-state index in [0.29, 0.717) is 5.69 Å². The number of hydrogen-bond donors (Lipinski definition) is 1. The number of rotatable bonds is 4. The number of nitrogens with one attached hydrogen (secondary N) is 1. The third-order valence-corrected chi connectivity index (χ3v) is 3.04. The van der Waals surface area contributed by atoms with Crippen LogP contribution in [0.15, 0.2) is 48.5 Å². The van der Waals surface area contributed by atoms with Gasteiger partial charge in [0.05, 0.1) is 4.92 Å². The minimum atomic E-state index is -0.423. The first-order valence-corrected chi connectivity index (χ1v) is 6.63. The Morgan fingerprint density at radius 1 is 1.10 bits per heavy atom. The van der Waals surface area contributed by atoms with Crippen molar-refractivity contribution in [3.8, 4) is 11.1 Å². The van der Waals surface area contributed by atoms with E-state index in [0.717, 1.165) is 11.1 Å². The molecule has 5 heteroatoms. The molecule has 0 aromatic heterocycles. The number of non-ortho nitro benzene ring substituents is 1. The van der Waals surface area contributed by atoms with Crippen molar-refractivity contribution in [2.45, 2.75) is 13.8 Å². The predicted octanol–water partition coefficient (Wildman–Crippen LogP) is 3.86. The third-order valence-electron chi connectivity index (χ3n) is 3.04. The summed E-state index contributed by atoms with van der Waals surface area (Å²) in [7, 11) is 0. The maximum absolute atomic E-state index is 11.7. The molecule has 0 aliphatic heterocycles. The SMILES string of the molecule is CC(C)C(=O)Nc1cccc(-c2cccc([N+](=O)[O-])c2)c1. The lowest BCUT2D eigenvalue weighted by atomic mass is 10.0. The predicted molar refractivity (Wildman–Crippen MR) is 82.0 cm³/mol. The summed E-state index contributed by atoms with van der Waals surface area (Å²) in [5, 5.41) is 13.6. The van der Waals surface area contributed by atoms with E-state index in [1.165, 1.54) is 12.1 Å². The number of anilines is 1. The second-order valence-corrected chi connectivity index (χ2v) is 5.03. The van der Waals surface area contributed by atoms with Crippen molar-refractivity contribution in [1.82, 2.24) is 0 Å². The quantitative estimate of drug-likeness (QED) is 0.684. The normalized spacial score (nSPS) is 10.4. The van der Waals surface area contributed by atoms with Crippen LogP contribution in [0.2, 0.25) is 0 Å². The molecule has 0 aliphatic rings. The van der Waals surface area contributed by atoms with Crippen LogP contribution in [0.4, 0.5) is 11.4 Å². The third kappa shape index (κ3) is 3.66. The molecular formula is C16H16N2O3. The van der Waals surface area contributed by atoms with Crippen molar-refractivity contribution in [2.75, 3.05) is 5.32 Å². The molecule has 1 amide bonds. The van der Waals surface area contributed by atoms with Crippen molar-refractivity contribution >= 4 is 17.3 Å². The van der Waals surface area contributed by atoms with E-state index >= 15 is 0 Å². The first kappa shape index (κ1) is 14.7. The average molecular weight is 284 g/mol. The Labute approximate surface area is 122 Å². The van der Waals surface area contributed by atoms with Gasteiger partial charge in [0, 0.05) is 23.7 Å². The molecule has 0 radical (unpaired) electrons. The highest BCUT2D eigenvalue weighted by Gasteiger charge is 2.09. The highest BCUT2D eigenvalue weighted by molar-refractivity contribution is 5.92. The van der Waals surface area contributed by atoms with Gasteiger partial charge in [-0.15, -0.1) is 0 Å². The van der Waals surface area contributed by atoms with Gasteiger partial charge in [-0.1, -0.05) is 38.1 Å². The molecule has 0 saturated carbocycles. The summed E-state index contributed by atoms with van der Waals surface area (Å²) in [4.78, 5) is 22.1. The molecule has 0 atom stereocenters. The fraction of sp³-hybridized carbons (Fsp3) is 0.188. The van der Waals surface area contributed by atoms with Crippen LogP contribution < -0.4 is 5.32 Å². The summed E-state index contributed by atoms with van der Waals surface area (Å²) >= 11 is 0. The topological polar surface area (TPSA) is 72.2 Å². The minimum Gasteiger partial charge on any atom is -0.326 e. The van der Waals surface area contributed by atoms with Crippen LogP contribution in [0, 0.1) is 16.0 Å². The highest BCUT2D eigenvalue weighted by Crippen LogP contribution is 2.26. The zero-order chi connectivity index (χ0) is 15.4. The van der Waals surface area contributed by atoms with Crippen LogP contribution in [-0.4, -0.2) is 10.8 Å². The molecule has 2 rings (SSSR count). The van der Waals surface area contributed by atoms with Gasteiger partial charge in [0.2, 0.25) is 5.91 Å². The van der Waals surface area contributed by atoms with E-state index in [-0.39, 0.29) is 17.5 Å². The molecule has 0 aliphatic carbocycles. The average Bonchev–Trinajstić information content (AvgIpc) is 2.47. The van der Waals surface area contributed by atoms with Crippen molar-refractivity contribution in [3.63, 3.8) is 0 Å². The van der Waals surface area contributed by atoms with Crippen LogP contribution >= 0.6 is 0 Å². The Morgan fingerprint density at radius 3 is 2.33 bits per heavy atom. The summed E-state index contributed by atoms with van der Waals surface area (Å²) < 4.78 is 0. The number of nitro groups is 1. The minimum absolute atomic E-state index is 0.0455. The van der Waals surface area contributed by atoms with E-state index in [1.807, 2.05) is 26.0 Å². The van der Waals surface area contributed by atoms with Gasteiger partial charge in [-0.2, -0.15) is 0 Å². The molecule has 2 aromatic rings. The molecular weight excluding hydrogens is 268 g/mol. The van der Waals surface area contributed by atoms with Crippen molar-refractivity contribution in [1.29, 1.82) is 0 Å². The second kappa shape index (κ2) is 6.17. The van der Waals surface area contributed by atoms with Crippen molar-refractivity contribution < 1.29 is 9.72 Å².